The lowest BCUT2D eigenvalue weighted by Crippen LogP contribution is -2.16. The Morgan fingerprint density at radius 1 is 0.917 bits per heavy atom. The molecular formula is C19H20O5. The second-order valence-corrected chi connectivity index (χ2v) is 4.88. The predicted octanol–water partition coefficient (Wildman–Crippen LogP) is 3.26. The van der Waals surface area contributed by atoms with Crippen LogP contribution >= 0.6 is 0 Å². The molecule has 0 bridgehead atoms. The number of rotatable bonds is 8. The Kier molecular flexibility index (Phi) is 6.37. The van der Waals surface area contributed by atoms with Crippen molar-refractivity contribution in [3.63, 3.8) is 0 Å². The zero-order valence-corrected chi connectivity index (χ0v) is 13.8. The Hall–Kier alpha value is -2.82. The highest BCUT2D eigenvalue weighted by Gasteiger charge is 2.17. The number of hydrogen-bond acceptors (Lipinski definition) is 5. The van der Waals surface area contributed by atoms with Crippen molar-refractivity contribution in [3.8, 4) is 11.5 Å². The van der Waals surface area contributed by atoms with E-state index in [0.717, 1.165) is 0 Å². The second-order valence-electron chi connectivity index (χ2n) is 4.88. The lowest BCUT2D eigenvalue weighted by atomic mass is 10.0. The van der Waals surface area contributed by atoms with Gasteiger partial charge < -0.3 is 14.2 Å². The van der Waals surface area contributed by atoms with Gasteiger partial charge in [0.25, 0.3) is 0 Å². The zero-order chi connectivity index (χ0) is 17.4. The van der Waals surface area contributed by atoms with E-state index in [-0.39, 0.29) is 19.0 Å². The maximum atomic E-state index is 12.7. The molecule has 2 rings (SSSR count). The van der Waals surface area contributed by atoms with Crippen LogP contribution in [-0.2, 0) is 9.53 Å². The van der Waals surface area contributed by atoms with E-state index < -0.39 is 5.97 Å². The summed E-state index contributed by atoms with van der Waals surface area (Å²) >= 11 is 0. The summed E-state index contributed by atoms with van der Waals surface area (Å²) in [6, 6.07) is 13.8. The molecule has 0 atom stereocenters. The highest BCUT2D eigenvalue weighted by molar-refractivity contribution is 6.10. The molecule has 0 aromatic heterocycles. The molecule has 0 amide bonds. The molecule has 126 valence electrons. The fraction of sp³-hybridized carbons (Fsp3) is 0.263. The molecule has 0 heterocycles. The largest absolute Gasteiger partial charge is 0.494 e. The summed E-state index contributed by atoms with van der Waals surface area (Å²) in [4.78, 5) is 24.2. The van der Waals surface area contributed by atoms with Crippen molar-refractivity contribution >= 4 is 11.8 Å². The minimum atomic E-state index is -0.488. The molecule has 2 aromatic rings. The van der Waals surface area contributed by atoms with Crippen LogP contribution in [0.3, 0.4) is 0 Å². The molecule has 0 spiro atoms. The molecule has 0 aliphatic heterocycles. The number of benzene rings is 2. The predicted molar refractivity (Wildman–Crippen MR) is 89.6 cm³/mol. The second kappa shape index (κ2) is 8.72. The van der Waals surface area contributed by atoms with Crippen LogP contribution in [0.4, 0.5) is 0 Å². The van der Waals surface area contributed by atoms with Crippen molar-refractivity contribution in [2.45, 2.75) is 13.8 Å². The SMILES string of the molecule is CCOC(=O)COc1cc(OCC)ccc1C(=O)c1ccccc1. The highest BCUT2D eigenvalue weighted by Crippen LogP contribution is 2.27. The van der Waals surface area contributed by atoms with E-state index in [9.17, 15) is 9.59 Å². The fourth-order valence-electron chi connectivity index (χ4n) is 2.15. The standard InChI is InChI=1S/C19H20O5/c1-3-22-15-10-11-16(19(21)14-8-6-5-7-9-14)17(12-15)24-13-18(20)23-4-2/h5-12H,3-4,13H2,1-2H3. The third kappa shape index (κ3) is 4.59. The van der Waals surface area contributed by atoms with Gasteiger partial charge in [0.1, 0.15) is 11.5 Å². The lowest BCUT2D eigenvalue weighted by molar-refractivity contribution is -0.145. The average molecular weight is 328 g/mol. The quantitative estimate of drug-likeness (QED) is 0.550. The van der Waals surface area contributed by atoms with E-state index >= 15 is 0 Å². The zero-order valence-electron chi connectivity index (χ0n) is 13.8. The normalized spacial score (nSPS) is 10.1. The van der Waals surface area contributed by atoms with Gasteiger partial charge in [0.2, 0.25) is 0 Å². The number of esters is 1. The Bertz CT molecular complexity index is 694. The Morgan fingerprint density at radius 2 is 1.67 bits per heavy atom. The Labute approximate surface area is 141 Å². The van der Waals surface area contributed by atoms with Gasteiger partial charge in [-0.25, -0.2) is 4.79 Å². The molecule has 0 fully saturated rings. The van der Waals surface area contributed by atoms with E-state index in [1.54, 1.807) is 49.4 Å². The molecule has 24 heavy (non-hydrogen) atoms. The van der Waals surface area contributed by atoms with Crippen LogP contribution in [0.25, 0.3) is 0 Å². The summed E-state index contributed by atoms with van der Waals surface area (Å²) in [7, 11) is 0. The van der Waals surface area contributed by atoms with Crippen molar-refractivity contribution in [3.05, 3.63) is 59.7 Å². The lowest BCUT2D eigenvalue weighted by Gasteiger charge is -2.12. The van der Waals surface area contributed by atoms with Crippen LogP contribution in [0.15, 0.2) is 48.5 Å². The minimum Gasteiger partial charge on any atom is -0.494 e. The molecule has 0 aliphatic rings. The van der Waals surface area contributed by atoms with Crippen molar-refractivity contribution in [1.29, 1.82) is 0 Å². The third-order valence-electron chi connectivity index (χ3n) is 3.20. The van der Waals surface area contributed by atoms with Crippen LogP contribution in [-0.4, -0.2) is 31.6 Å². The van der Waals surface area contributed by atoms with E-state index in [1.165, 1.54) is 0 Å². The monoisotopic (exact) mass is 328 g/mol. The van der Waals surface area contributed by atoms with Crippen LogP contribution < -0.4 is 9.47 Å². The van der Waals surface area contributed by atoms with Crippen molar-refractivity contribution in [2.24, 2.45) is 0 Å². The average Bonchev–Trinajstić information content (AvgIpc) is 2.61. The van der Waals surface area contributed by atoms with Gasteiger partial charge in [-0.05, 0) is 26.0 Å². The van der Waals surface area contributed by atoms with Gasteiger partial charge in [0, 0.05) is 11.6 Å². The minimum absolute atomic E-state index is 0.183. The van der Waals surface area contributed by atoms with Gasteiger partial charge in [-0.3, -0.25) is 4.79 Å². The van der Waals surface area contributed by atoms with Crippen molar-refractivity contribution in [1.82, 2.24) is 0 Å². The molecule has 2 aromatic carbocycles. The number of carbonyl (C=O) groups excluding carboxylic acids is 2. The van der Waals surface area contributed by atoms with Gasteiger partial charge in [0.05, 0.1) is 18.8 Å². The number of ether oxygens (including phenoxy) is 3. The summed E-state index contributed by atoms with van der Waals surface area (Å²) in [5.74, 6) is 0.193. The number of ketones is 1. The third-order valence-corrected chi connectivity index (χ3v) is 3.20. The first-order chi connectivity index (χ1) is 11.7. The molecule has 5 nitrogen and oxygen atoms in total. The Morgan fingerprint density at radius 3 is 2.33 bits per heavy atom. The summed E-state index contributed by atoms with van der Waals surface area (Å²) in [6.07, 6.45) is 0. The summed E-state index contributed by atoms with van der Waals surface area (Å²) in [5, 5.41) is 0. The van der Waals surface area contributed by atoms with Gasteiger partial charge in [0.15, 0.2) is 12.4 Å². The molecule has 5 heteroatoms. The van der Waals surface area contributed by atoms with Gasteiger partial charge in [-0.1, -0.05) is 30.3 Å². The first-order valence-corrected chi connectivity index (χ1v) is 7.80. The molecule has 0 saturated carbocycles. The van der Waals surface area contributed by atoms with Gasteiger partial charge in [-0.2, -0.15) is 0 Å². The number of hydrogen-bond donors (Lipinski definition) is 0. The van der Waals surface area contributed by atoms with E-state index in [4.69, 9.17) is 14.2 Å². The van der Waals surface area contributed by atoms with Crippen molar-refractivity contribution in [2.75, 3.05) is 19.8 Å². The molecule has 0 radical (unpaired) electrons. The van der Waals surface area contributed by atoms with Crippen molar-refractivity contribution < 1.29 is 23.8 Å². The van der Waals surface area contributed by atoms with Crippen LogP contribution in [0.1, 0.15) is 29.8 Å². The first kappa shape index (κ1) is 17.5. The fourth-order valence-corrected chi connectivity index (χ4v) is 2.15. The maximum Gasteiger partial charge on any atom is 0.344 e. The van der Waals surface area contributed by atoms with E-state index in [1.807, 2.05) is 13.0 Å². The topological polar surface area (TPSA) is 61.8 Å². The van der Waals surface area contributed by atoms with E-state index in [2.05, 4.69) is 0 Å². The Balaban J connectivity index is 2.28. The maximum absolute atomic E-state index is 12.7. The highest BCUT2D eigenvalue weighted by atomic mass is 16.6. The van der Waals surface area contributed by atoms with Crippen LogP contribution in [0.2, 0.25) is 0 Å². The van der Waals surface area contributed by atoms with Crippen LogP contribution in [0.5, 0.6) is 11.5 Å². The summed E-state index contributed by atoms with van der Waals surface area (Å²) < 4.78 is 15.8. The molecule has 0 aliphatic carbocycles. The van der Waals surface area contributed by atoms with Crippen LogP contribution in [0, 0.1) is 0 Å². The first-order valence-electron chi connectivity index (χ1n) is 7.80. The molecular weight excluding hydrogens is 308 g/mol. The smallest absolute Gasteiger partial charge is 0.344 e. The summed E-state index contributed by atoms with van der Waals surface area (Å²) in [5.41, 5.74) is 0.914. The molecule has 0 N–H and O–H groups in total. The van der Waals surface area contributed by atoms with E-state index in [0.29, 0.717) is 29.2 Å². The van der Waals surface area contributed by atoms with Gasteiger partial charge in [-0.15, -0.1) is 0 Å². The van der Waals surface area contributed by atoms with Gasteiger partial charge >= 0.3 is 5.97 Å². The molecule has 0 unspecified atom stereocenters. The molecule has 0 saturated heterocycles. The summed E-state index contributed by atoms with van der Waals surface area (Å²) in [6.45, 7) is 4.08. The number of carbonyl (C=O) groups is 2.